The van der Waals surface area contributed by atoms with Crippen LogP contribution in [0.5, 0.6) is 0 Å². The van der Waals surface area contributed by atoms with Gasteiger partial charge in [-0.25, -0.2) is 0 Å². The maximum absolute atomic E-state index is 5.53. The van der Waals surface area contributed by atoms with Gasteiger partial charge in [0.1, 0.15) is 0 Å². The van der Waals surface area contributed by atoms with Crippen molar-refractivity contribution in [1.29, 1.82) is 0 Å². The Kier molecular flexibility index (Phi) is 6.86. The molecule has 0 saturated heterocycles. The fourth-order valence-corrected chi connectivity index (χ4v) is 1.74. The summed E-state index contributed by atoms with van der Waals surface area (Å²) in [6.45, 7) is 7.05. The number of hydrogen-bond donors (Lipinski definition) is 0. The number of ether oxygens (including phenoxy) is 2. The first-order valence-electron chi connectivity index (χ1n) is 6.22. The minimum absolute atomic E-state index is 0.126. The molecule has 1 rings (SSSR count). The summed E-state index contributed by atoms with van der Waals surface area (Å²) in [4.78, 5) is 2.21. The summed E-state index contributed by atoms with van der Waals surface area (Å²) >= 11 is 0. The molecule has 96 valence electrons. The summed E-state index contributed by atoms with van der Waals surface area (Å²) in [5, 5.41) is 0. The van der Waals surface area contributed by atoms with Crippen LogP contribution in [-0.2, 0) is 16.0 Å². The van der Waals surface area contributed by atoms with Gasteiger partial charge in [0.05, 0.1) is 0 Å². The molecule has 17 heavy (non-hydrogen) atoms. The van der Waals surface area contributed by atoms with Crippen molar-refractivity contribution >= 4 is 0 Å². The van der Waals surface area contributed by atoms with Gasteiger partial charge in [0.2, 0.25) is 0 Å². The van der Waals surface area contributed by atoms with Gasteiger partial charge in [-0.2, -0.15) is 0 Å². The quantitative estimate of drug-likeness (QED) is 0.648. The molecule has 0 atom stereocenters. The van der Waals surface area contributed by atoms with Crippen molar-refractivity contribution in [3.8, 4) is 0 Å². The SMILES string of the molecule is CCOC(CN(C)Cc1ccccc1)OCC. The average Bonchev–Trinajstić information content (AvgIpc) is 2.30. The van der Waals surface area contributed by atoms with Crippen molar-refractivity contribution in [2.75, 3.05) is 26.8 Å². The second-order valence-electron chi connectivity index (χ2n) is 4.02. The molecule has 0 unspecified atom stereocenters. The molecule has 0 aliphatic heterocycles. The average molecular weight is 237 g/mol. The van der Waals surface area contributed by atoms with Crippen LogP contribution in [0.3, 0.4) is 0 Å². The largest absolute Gasteiger partial charge is 0.352 e. The van der Waals surface area contributed by atoms with Gasteiger partial charge < -0.3 is 9.47 Å². The molecule has 0 radical (unpaired) electrons. The zero-order valence-corrected chi connectivity index (χ0v) is 11.1. The minimum atomic E-state index is -0.126. The molecular formula is C14H23NO2. The Morgan fingerprint density at radius 3 is 2.18 bits per heavy atom. The highest BCUT2D eigenvalue weighted by Gasteiger charge is 2.11. The van der Waals surface area contributed by atoms with Gasteiger partial charge >= 0.3 is 0 Å². The predicted octanol–water partition coefficient (Wildman–Crippen LogP) is 2.52. The van der Waals surface area contributed by atoms with Crippen molar-refractivity contribution in [1.82, 2.24) is 4.90 Å². The number of likely N-dealkylation sites (N-methyl/N-ethyl adjacent to an activating group) is 1. The third-order valence-electron chi connectivity index (χ3n) is 2.46. The van der Waals surface area contributed by atoms with E-state index in [4.69, 9.17) is 9.47 Å². The van der Waals surface area contributed by atoms with Crippen LogP contribution in [0.2, 0.25) is 0 Å². The molecule has 3 heteroatoms. The van der Waals surface area contributed by atoms with Crippen molar-refractivity contribution in [3.05, 3.63) is 35.9 Å². The van der Waals surface area contributed by atoms with Crippen LogP contribution in [0.4, 0.5) is 0 Å². The highest BCUT2D eigenvalue weighted by molar-refractivity contribution is 5.14. The molecular weight excluding hydrogens is 214 g/mol. The molecule has 3 nitrogen and oxygen atoms in total. The first kappa shape index (κ1) is 14.2. The van der Waals surface area contributed by atoms with Crippen LogP contribution in [-0.4, -0.2) is 38.0 Å². The van der Waals surface area contributed by atoms with Crippen molar-refractivity contribution in [3.63, 3.8) is 0 Å². The van der Waals surface area contributed by atoms with Crippen LogP contribution in [0.1, 0.15) is 19.4 Å². The van der Waals surface area contributed by atoms with E-state index >= 15 is 0 Å². The van der Waals surface area contributed by atoms with E-state index in [-0.39, 0.29) is 6.29 Å². The molecule has 0 aliphatic carbocycles. The van der Waals surface area contributed by atoms with Crippen LogP contribution >= 0.6 is 0 Å². The smallest absolute Gasteiger partial charge is 0.170 e. The molecule has 1 aromatic rings. The van der Waals surface area contributed by atoms with E-state index in [1.165, 1.54) is 5.56 Å². The first-order valence-corrected chi connectivity index (χ1v) is 6.22. The molecule has 0 spiro atoms. The van der Waals surface area contributed by atoms with Crippen LogP contribution in [0.15, 0.2) is 30.3 Å². The minimum Gasteiger partial charge on any atom is -0.352 e. The third kappa shape index (κ3) is 5.82. The molecule has 1 aromatic carbocycles. The zero-order valence-electron chi connectivity index (χ0n) is 11.1. The standard InChI is InChI=1S/C14H23NO2/c1-4-16-14(17-5-2)12-15(3)11-13-9-7-6-8-10-13/h6-10,14H,4-5,11-12H2,1-3H3. The Hall–Kier alpha value is -0.900. The summed E-state index contributed by atoms with van der Waals surface area (Å²) in [5.41, 5.74) is 1.31. The Labute approximate surface area is 104 Å². The molecule has 0 fully saturated rings. The molecule has 0 aromatic heterocycles. The maximum atomic E-state index is 5.53. The van der Waals surface area contributed by atoms with Gasteiger partial charge in [-0.1, -0.05) is 30.3 Å². The van der Waals surface area contributed by atoms with Gasteiger partial charge in [-0.05, 0) is 26.5 Å². The lowest BCUT2D eigenvalue weighted by Gasteiger charge is -2.23. The van der Waals surface area contributed by atoms with Crippen molar-refractivity contribution in [2.45, 2.75) is 26.7 Å². The predicted molar refractivity (Wildman–Crippen MR) is 69.8 cm³/mol. The fraction of sp³-hybridized carbons (Fsp3) is 0.571. The molecule has 0 N–H and O–H groups in total. The lowest BCUT2D eigenvalue weighted by Crippen LogP contribution is -2.32. The lowest BCUT2D eigenvalue weighted by molar-refractivity contribution is -0.145. The number of rotatable bonds is 8. The van der Waals surface area contributed by atoms with Crippen LogP contribution < -0.4 is 0 Å². The summed E-state index contributed by atoms with van der Waals surface area (Å²) in [6.07, 6.45) is -0.126. The van der Waals surface area contributed by atoms with E-state index in [9.17, 15) is 0 Å². The Bertz CT molecular complexity index is 284. The van der Waals surface area contributed by atoms with Gasteiger partial charge in [-0.15, -0.1) is 0 Å². The van der Waals surface area contributed by atoms with E-state index in [1.54, 1.807) is 0 Å². The van der Waals surface area contributed by atoms with E-state index < -0.39 is 0 Å². The molecule has 0 heterocycles. The molecule has 0 bridgehead atoms. The Morgan fingerprint density at radius 1 is 1.06 bits per heavy atom. The summed E-state index contributed by atoms with van der Waals surface area (Å²) in [7, 11) is 2.08. The Balaban J connectivity index is 2.38. The van der Waals surface area contributed by atoms with Crippen LogP contribution in [0, 0.1) is 0 Å². The summed E-state index contributed by atoms with van der Waals surface area (Å²) < 4.78 is 11.1. The summed E-state index contributed by atoms with van der Waals surface area (Å²) in [5.74, 6) is 0. The first-order chi connectivity index (χ1) is 8.26. The van der Waals surface area contributed by atoms with E-state index in [0.717, 1.165) is 13.1 Å². The fourth-order valence-electron chi connectivity index (χ4n) is 1.74. The van der Waals surface area contributed by atoms with Gasteiger partial charge in [0.25, 0.3) is 0 Å². The van der Waals surface area contributed by atoms with Crippen molar-refractivity contribution < 1.29 is 9.47 Å². The molecule has 0 amide bonds. The summed E-state index contributed by atoms with van der Waals surface area (Å²) in [6, 6.07) is 10.4. The number of hydrogen-bond acceptors (Lipinski definition) is 3. The van der Waals surface area contributed by atoms with Gasteiger partial charge in [0, 0.05) is 26.3 Å². The van der Waals surface area contributed by atoms with Crippen molar-refractivity contribution in [2.24, 2.45) is 0 Å². The topological polar surface area (TPSA) is 21.7 Å². The molecule has 0 saturated carbocycles. The van der Waals surface area contributed by atoms with Crippen LogP contribution in [0.25, 0.3) is 0 Å². The lowest BCUT2D eigenvalue weighted by atomic mass is 10.2. The van der Waals surface area contributed by atoms with E-state index in [0.29, 0.717) is 13.2 Å². The highest BCUT2D eigenvalue weighted by Crippen LogP contribution is 2.05. The second kappa shape index (κ2) is 8.23. The number of benzene rings is 1. The van der Waals surface area contributed by atoms with Gasteiger partial charge in [-0.3, -0.25) is 4.90 Å². The monoisotopic (exact) mass is 237 g/mol. The molecule has 0 aliphatic rings. The number of nitrogens with zero attached hydrogens (tertiary/aromatic N) is 1. The normalized spacial score (nSPS) is 11.4. The second-order valence-corrected chi connectivity index (χ2v) is 4.02. The van der Waals surface area contributed by atoms with E-state index in [1.807, 2.05) is 19.9 Å². The Morgan fingerprint density at radius 2 is 1.65 bits per heavy atom. The third-order valence-corrected chi connectivity index (χ3v) is 2.46. The van der Waals surface area contributed by atoms with Gasteiger partial charge in [0.15, 0.2) is 6.29 Å². The maximum Gasteiger partial charge on any atom is 0.170 e. The van der Waals surface area contributed by atoms with E-state index in [2.05, 4.69) is 36.2 Å². The highest BCUT2D eigenvalue weighted by atomic mass is 16.7. The zero-order chi connectivity index (χ0) is 12.5.